The van der Waals surface area contributed by atoms with Gasteiger partial charge in [-0.1, -0.05) is 12.8 Å². The molecule has 0 bridgehead atoms. The molecule has 0 aliphatic heterocycles. The summed E-state index contributed by atoms with van der Waals surface area (Å²) >= 11 is 0. The van der Waals surface area contributed by atoms with Gasteiger partial charge >= 0.3 is 0 Å². The van der Waals surface area contributed by atoms with Crippen LogP contribution >= 0.6 is 0 Å². The summed E-state index contributed by atoms with van der Waals surface area (Å²) in [4.78, 5) is 0. The van der Waals surface area contributed by atoms with Gasteiger partial charge in [0.25, 0.3) is 0 Å². The van der Waals surface area contributed by atoms with Crippen molar-refractivity contribution in [2.24, 2.45) is 0 Å². The second-order valence-corrected chi connectivity index (χ2v) is 4.48. The Bertz CT molecular complexity index is 478. The molecule has 0 unspecified atom stereocenters. The normalized spacial score (nSPS) is 17.6. The fourth-order valence-corrected chi connectivity index (χ4v) is 2.68. The molecule has 0 amide bonds. The van der Waals surface area contributed by atoms with Gasteiger partial charge in [-0.3, -0.25) is 0 Å². The molecule has 2 aromatic rings. The van der Waals surface area contributed by atoms with Gasteiger partial charge in [0.05, 0.1) is 0 Å². The van der Waals surface area contributed by atoms with Crippen LogP contribution in [0.3, 0.4) is 0 Å². The summed E-state index contributed by atoms with van der Waals surface area (Å²) < 4.78 is 2.42. The topological polar surface area (TPSA) is 30.9 Å². The Morgan fingerprint density at radius 3 is 2.73 bits per heavy atom. The minimum Gasteiger partial charge on any atom is -0.399 e. The number of nitrogens with zero attached hydrogens (tertiary/aromatic N) is 1. The first-order valence-corrected chi connectivity index (χ1v) is 5.71. The minimum atomic E-state index is 0.714. The number of benzene rings is 1. The molecule has 1 heterocycles. The van der Waals surface area contributed by atoms with Crippen LogP contribution in [0.25, 0.3) is 10.9 Å². The molecule has 1 saturated carbocycles. The maximum absolute atomic E-state index is 5.78. The molecule has 3 rings (SSSR count). The summed E-state index contributed by atoms with van der Waals surface area (Å²) in [5.74, 6) is 0. The SMILES string of the molecule is Nc1ccc2c(ccn2C2CCCC2)c1. The van der Waals surface area contributed by atoms with Crippen molar-refractivity contribution in [1.29, 1.82) is 0 Å². The monoisotopic (exact) mass is 200 g/mol. The van der Waals surface area contributed by atoms with Crippen LogP contribution in [0, 0.1) is 0 Å². The highest BCUT2D eigenvalue weighted by Gasteiger charge is 2.17. The molecule has 2 nitrogen and oxygen atoms in total. The summed E-state index contributed by atoms with van der Waals surface area (Å²) in [5, 5.41) is 1.27. The van der Waals surface area contributed by atoms with Crippen LogP contribution in [0.2, 0.25) is 0 Å². The van der Waals surface area contributed by atoms with Crippen LogP contribution in [0.4, 0.5) is 5.69 Å². The first-order chi connectivity index (χ1) is 7.34. The Morgan fingerprint density at radius 2 is 1.93 bits per heavy atom. The average molecular weight is 200 g/mol. The smallest absolute Gasteiger partial charge is 0.0484 e. The van der Waals surface area contributed by atoms with Crippen molar-refractivity contribution in [1.82, 2.24) is 4.57 Å². The number of fused-ring (bicyclic) bond motifs is 1. The highest BCUT2D eigenvalue weighted by molar-refractivity contribution is 5.83. The highest BCUT2D eigenvalue weighted by Crippen LogP contribution is 2.33. The molecule has 2 N–H and O–H groups in total. The van der Waals surface area contributed by atoms with Gasteiger partial charge in [0, 0.05) is 28.8 Å². The molecule has 2 heteroatoms. The molecule has 78 valence electrons. The van der Waals surface area contributed by atoms with E-state index in [0.717, 1.165) is 5.69 Å². The predicted molar refractivity (Wildman–Crippen MR) is 63.9 cm³/mol. The predicted octanol–water partition coefficient (Wildman–Crippen LogP) is 3.34. The third kappa shape index (κ3) is 1.41. The number of nitrogen functional groups attached to an aromatic ring is 1. The largest absolute Gasteiger partial charge is 0.399 e. The van der Waals surface area contributed by atoms with Crippen molar-refractivity contribution < 1.29 is 0 Å². The Kier molecular flexibility index (Phi) is 1.94. The number of anilines is 1. The van der Waals surface area contributed by atoms with Gasteiger partial charge in [-0.25, -0.2) is 0 Å². The second-order valence-electron chi connectivity index (χ2n) is 4.48. The lowest BCUT2D eigenvalue weighted by Gasteiger charge is -2.13. The van der Waals surface area contributed by atoms with Crippen LogP contribution in [0.1, 0.15) is 31.7 Å². The van der Waals surface area contributed by atoms with E-state index >= 15 is 0 Å². The molecule has 0 spiro atoms. The van der Waals surface area contributed by atoms with Crippen molar-refractivity contribution in [3.63, 3.8) is 0 Å². The van der Waals surface area contributed by atoms with Gasteiger partial charge < -0.3 is 10.3 Å². The van der Waals surface area contributed by atoms with Crippen molar-refractivity contribution in [3.8, 4) is 0 Å². The maximum Gasteiger partial charge on any atom is 0.0484 e. The van der Waals surface area contributed by atoms with Crippen molar-refractivity contribution in [3.05, 3.63) is 30.5 Å². The fourth-order valence-electron chi connectivity index (χ4n) is 2.68. The lowest BCUT2D eigenvalue weighted by Crippen LogP contribution is -2.02. The molecule has 1 aliphatic carbocycles. The Balaban J connectivity index is 2.11. The quantitative estimate of drug-likeness (QED) is 0.703. The van der Waals surface area contributed by atoms with E-state index in [0.29, 0.717) is 6.04 Å². The molecule has 1 fully saturated rings. The molecule has 0 radical (unpaired) electrons. The van der Waals surface area contributed by atoms with E-state index in [4.69, 9.17) is 5.73 Å². The van der Waals surface area contributed by atoms with E-state index in [9.17, 15) is 0 Å². The zero-order valence-corrected chi connectivity index (χ0v) is 8.82. The summed E-state index contributed by atoms with van der Waals surface area (Å²) in [6.07, 6.45) is 7.61. The van der Waals surface area contributed by atoms with Gasteiger partial charge in [-0.05, 0) is 37.1 Å². The van der Waals surface area contributed by atoms with Gasteiger partial charge in [0.1, 0.15) is 0 Å². The minimum absolute atomic E-state index is 0.714. The van der Waals surface area contributed by atoms with Crippen molar-refractivity contribution >= 4 is 16.6 Å². The lowest BCUT2D eigenvalue weighted by atomic mass is 10.2. The average Bonchev–Trinajstić information content (AvgIpc) is 2.82. The molecule has 1 aromatic heterocycles. The number of hydrogen-bond donors (Lipinski definition) is 1. The third-order valence-corrected chi connectivity index (χ3v) is 3.46. The van der Waals surface area contributed by atoms with Crippen molar-refractivity contribution in [2.75, 3.05) is 5.73 Å². The van der Waals surface area contributed by atoms with E-state index in [1.54, 1.807) is 0 Å². The molecule has 1 aliphatic rings. The fraction of sp³-hybridized carbons (Fsp3) is 0.385. The first-order valence-electron chi connectivity index (χ1n) is 5.71. The van der Waals surface area contributed by atoms with Gasteiger partial charge in [-0.15, -0.1) is 0 Å². The molecular weight excluding hydrogens is 184 g/mol. The standard InChI is InChI=1S/C13H16N2/c14-11-5-6-13-10(9-11)7-8-15(13)12-3-1-2-4-12/h5-9,12H,1-4,14H2. The number of nitrogens with two attached hydrogens (primary N) is 1. The van der Waals surface area contributed by atoms with Crippen LogP contribution in [0.15, 0.2) is 30.5 Å². The second kappa shape index (κ2) is 3.30. The van der Waals surface area contributed by atoms with Gasteiger partial charge in [0.15, 0.2) is 0 Å². The van der Waals surface area contributed by atoms with Crippen molar-refractivity contribution in [2.45, 2.75) is 31.7 Å². The zero-order valence-electron chi connectivity index (χ0n) is 8.82. The van der Waals surface area contributed by atoms with Gasteiger partial charge in [0.2, 0.25) is 0 Å². The number of aromatic nitrogens is 1. The molecule has 15 heavy (non-hydrogen) atoms. The van der Waals surface area contributed by atoms with Crippen LogP contribution in [-0.4, -0.2) is 4.57 Å². The third-order valence-electron chi connectivity index (χ3n) is 3.46. The summed E-state index contributed by atoms with van der Waals surface area (Å²) in [5.41, 5.74) is 7.96. The Hall–Kier alpha value is -1.44. The number of hydrogen-bond acceptors (Lipinski definition) is 1. The molecule has 1 aromatic carbocycles. The lowest BCUT2D eigenvalue weighted by molar-refractivity contribution is 0.536. The summed E-state index contributed by atoms with van der Waals surface area (Å²) in [7, 11) is 0. The van der Waals surface area contributed by atoms with E-state index in [1.165, 1.54) is 36.6 Å². The maximum atomic E-state index is 5.78. The highest BCUT2D eigenvalue weighted by atomic mass is 15.0. The first kappa shape index (κ1) is 8.84. The van der Waals surface area contributed by atoms with E-state index < -0.39 is 0 Å². The molecule has 0 atom stereocenters. The summed E-state index contributed by atoms with van der Waals surface area (Å²) in [6.45, 7) is 0. The number of rotatable bonds is 1. The van der Waals surface area contributed by atoms with Gasteiger partial charge in [-0.2, -0.15) is 0 Å². The molecule has 0 saturated heterocycles. The van der Waals surface area contributed by atoms with Crippen LogP contribution in [-0.2, 0) is 0 Å². The Labute approximate surface area is 89.7 Å². The van der Waals surface area contributed by atoms with Crippen LogP contribution in [0.5, 0.6) is 0 Å². The molecular formula is C13H16N2. The zero-order chi connectivity index (χ0) is 10.3. The summed E-state index contributed by atoms with van der Waals surface area (Å²) in [6, 6.07) is 9.08. The Morgan fingerprint density at radius 1 is 1.13 bits per heavy atom. The van der Waals surface area contributed by atoms with E-state index in [-0.39, 0.29) is 0 Å². The van der Waals surface area contributed by atoms with E-state index in [2.05, 4.69) is 29.0 Å². The van der Waals surface area contributed by atoms with E-state index in [1.807, 2.05) is 6.07 Å². The van der Waals surface area contributed by atoms with Crippen LogP contribution < -0.4 is 5.73 Å².